The van der Waals surface area contributed by atoms with Crippen LogP contribution >= 0.6 is 0 Å². The highest BCUT2D eigenvalue weighted by molar-refractivity contribution is 7.92. The highest BCUT2D eigenvalue weighted by Crippen LogP contribution is 2.22. The Morgan fingerprint density at radius 1 is 0.811 bits per heavy atom. The number of hydrogen-bond donors (Lipinski definition) is 2. The molecule has 0 atom stereocenters. The summed E-state index contributed by atoms with van der Waals surface area (Å²) >= 11 is 0. The first-order valence-electron chi connectivity index (χ1n) is 11.1. The number of sulfonamides is 2. The maximum Gasteiger partial charge on any atom is 0.263 e. The molecule has 190 valence electrons. The zero-order chi connectivity index (χ0) is 26.5. The van der Waals surface area contributed by atoms with Crippen molar-refractivity contribution in [2.75, 3.05) is 20.6 Å². The lowest BCUT2D eigenvalue weighted by molar-refractivity contribution is 0.102. The van der Waals surface area contributed by atoms with E-state index in [1.54, 1.807) is 24.3 Å². The van der Waals surface area contributed by atoms with E-state index in [4.69, 9.17) is 0 Å². The van der Waals surface area contributed by atoms with E-state index in [0.717, 1.165) is 11.8 Å². The molecule has 1 heterocycles. The van der Waals surface area contributed by atoms with Gasteiger partial charge < -0.3 is 5.32 Å². The van der Waals surface area contributed by atoms with Crippen molar-refractivity contribution in [2.24, 2.45) is 0 Å². The van der Waals surface area contributed by atoms with Crippen molar-refractivity contribution in [1.29, 1.82) is 0 Å². The number of carbonyl (C=O) groups is 1. The number of aromatic nitrogens is 1. The standard InChI is InChI=1S/C26H24N4O5S2/c1-36(32,33)30(19-20-7-3-2-4-8-20)23-14-10-21(11-15-23)26(31)28-22-12-16-24(17-13-22)37(34,35)29-25-9-5-6-18-27-25/h2-18H,19H2,1H3,(H,27,29)(H,28,31). The maximum absolute atomic E-state index is 12.7. The molecule has 0 aliphatic rings. The number of nitrogens with one attached hydrogen (secondary N) is 2. The normalized spacial score (nSPS) is 11.5. The molecule has 37 heavy (non-hydrogen) atoms. The largest absolute Gasteiger partial charge is 0.322 e. The molecule has 2 N–H and O–H groups in total. The molecule has 0 aliphatic carbocycles. The quantitative estimate of drug-likeness (QED) is 0.332. The minimum absolute atomic E-state index is 0.0137. The van der Waals surface area contributed by atoms with Crippen molar-refractivity contribution < 1.29 is 21.6 Å². The Labute approximate surface area is 215 Å². The average Bonchev–Trinajstić information content (AvgIpc) is 2.88. The molecular formula is C26H24N4O5S2. The number of amides is 1. The van der Waals surface area contributed by atoms with Crippen LogP contribution in [0.15, 0.2) is 108 Å². The number of carbonyl (C=O) groups excluding carboxylic acids is 1. The van der Waals surface area contributed by atoms with Crippen LogP contribution < -0.4 is 14.3 Å². The Hall–Kier alpha value is -4.22. The van der Waals surface area contributed by atoms with Gasteiger partial charge in [-0.3, -0.25) is 13.8 Å². The molecule has 0 saturated carbocycles. The summed E-state index contributed by atoms with van der Waals surface area (Å²) < 4.78 is 53.5. The smallest absolute Gasteiger partial charge is 0.263 e. The van der Waals surface area contributed by atoms with Gasteiger partial charge >= 0.3 is 0 Å². The van der Waals surface area contributed by atoms with Gasteiger partial charge in [0.2, 0.25) is 10.0 Å². The Morgan fingerprint density at radius 3 is 2.05 bits per heavy atom. The summed E-state index contributed by atoms with van der Waals surface area (Å²) in [5.41, 5.74) is 1.96. The summed E-state index contributed by atoms with van der Waals surface area (Å²) in [6.07, 6.45) is 2.61. The molecule has 11 heteroatoms. The Kier molecular flexibility index (Phi) is 7.55. The van der Waals surface area contributed by atoms with E-state index in [1.807, 2.05) is 30.3 Å². The summed E-state index contributed by atoms with van der Waals surface area (Å²) in [5.74, 6) is -0.232. The van der Waals surface area contributed by atoms with Crippen LogP contribution in [0, 0.1) is 0 Å². The van der Waals surface area contributed by atoms with Gasteiger partial charge in [-0.15, -0.1) is 0 Å². The average molecular weight is 537 g/mol. The molecule has 0 aliphatic heterocycles. The Balaban J connectivity index is 1.44. The topological polar surface area (TPSA) is 126 Å². The molecule has 1 amide bonds. The highest BCUT2D eigenvalue weighted by atomic mass is 32.2. The van der Waals surface area contributed by atoms with Crippen LogP contribution in [0.25, 0.3) is 0 Å². The lowest BCUT2D eigenvalue weighted by Gasteiger charge is -2.22. The number of benzene rings is 3. The van der Waals surface area contributed by atoms with Crippen LogP contribution in [-0.2, 0) is 26.6 Å². The summed E-state index contributed by atoms with van der Waals surface area (Å²) in [6.45, 7) is 0.162. The van der Waals surface area contributed by atoms with E-state index in [1.165, 1.54) is 53.0 Å². The molecule has 0 fully saturated rings. The van der Waals surface area contributed by atoms with Crippen molar-refractivity contribution in [3.05, 3.63) is 114 Å². The molecule has 0 saturated heterocycles. The molecule has 0 spiro atoms. The molecule has 0 unspecified atom stereocenters. The van der Waals surface area contributed by atoms with Gasteiger partial charge in [0.15, 0.2) is 0 Å². The fourth-order valence-electron chi connectivity index (χ4n) is 3.47. The minimum atomic E-state index is -3.84. The molecule has 3 aromatic carbocycles. The Bertz CT molecular complexity index is 1580. The number of pyridine rings is 1. The maximum atomic E-state index is 12.7. The van der Waals surface area contributed by atoms with Gasteiger partial charge in [-0.2, -0.15) is 0 Å². The molecular weight excluding hydrogens is 512 g/mol. The summed E-state index contributed by atoms with van der Waals surface area (Å²) in [7, 11) is -7.40. The van der Waals surface area contributed by atoms with Gasteiger partial charge in [0.05, 0.1) is 23.4 Å². The SMILES string of the molecule is CS(=O)(=O)N(Cc1ccccc1)c1ccc(C(=O)Nc2ccc(S(=O)(=O)Nc3ccccn3)cc2)cc1. The van der Waals surface area contributed by atoms with Crippen LogP contribution in [0.3, 0.4) is 0 Å². The Morgan fingerprint density at radius 2 is 1.46 bits per heavy atom. The number of rotatable bonds is 9. The van der Waals surface area contributed by atoms with Crippen LogP contribution in [0.2, 0.25) is 0 Å². The van der Waals surface area contributed by atoms with E-state index >= 15 is 0 Å². The highest BCUT2D eigenvalue weighted by Gasteiger charge is 2.19. The second-order valence-corrected chi connectivity index (χ2v) is 11.7. The molecule has 1 aromatic heterocycles. The van der Waals surface area contributed by atoms with Gasteiger partial charge in [-0.25, -0.2) is 21.8 Å². The van der Waals surface area contributed by atoms with E-state index in [0.29, 0.717) is 16.9 Å². The molecule has 0 radical (unpaired) electrons. The van der Waals surface area contributed by atoms with Gasteiger partial charge in [0.25, 0.3) is 15.9 Å². The second kappa shape index (κ2) is 10.8. The van der Waals surface area contributed by atoms with Crippen LogP contribution in [0.4, 0.5) is 17.2 Å². The predicted octanol–water partition coefficient (Wildman–Crippen LogP) is 4.10. The van der Waals surface area contributed by atoms with E-state index in [-0.39, 0.29) is 17.3 Å². The first kappa shape index (κ1) is 25.9. The monoisotopic (exact) mass is 536 g/mol. The lowest BCUT2D eigenvalue weighted by atomic mass is 10.1. The van der Waals surface area contributed by atoms with Gasteiger partial charge in [-0.1, -0.05) is 36.4 Å². The van der Waals surface area contributed by atoms with Crippen molar-refractivity contribution in [3.63, 3.8) is 0 Å². The summed E-state index contributed by atoms with van der Waals surface area (Å²) in [4.78, 5) is 16.7. The van der Waals surface area contributed by atoms with Gasteiger partial charge in [-0.05, 0) is 66.2 Å². The first-order valence-corrected chi connectivity index (χ1v) is 14.4. The van der Waals surface area contributed by atoms with E-state index < -0.39 is 26.0 Å². The van der Waals surface area contributed by atoms with Crippen molar-refractivity contribution in [1.82, 2.24) is 4.98 Å². The predicted molar refractivity (Wildman–Crippen MR) is 143 cm³/mol. The van der Waals surface area contributed by atoms with Crippen LogP contribution in [0.5, 0.6) is 0 Å². The van der Waals surface area contributed by atoms with Crippen LogP contribution in [0.1, 0.15) is 15.9 Å². The van der Waals surface area contributed by atoms with Crippen LogP contribution in [-0.4, -0.2) is 34.0 Å². The van der Waals surface area contributed by atoms with E-state index in [9.17, 15) is 21.6 Å². The fraction of sp³-hybridized carbons (Fsp3) is 0.0769. The number of anilines is 3. The molecule has 4 aromatic rings. The third-order valence-corrected chi connectivity index (χ3v) is 7.82. The van der Waals surface area contributed by atoms with Crippen molar-refractivity contribution in [3.8, 4) is 0 Å². The van der Waals surface area contributed by atoms with Crippen molar-refractivity contribution >= 4 is 43.1 Å². The molecule has 4 rings (SSSR count). The van der Waals surface area contributed by atoms with Gasteiger partial charge in [0, 0.05) is 17.4 Å². The fourth-order valence-corrected chi connectivity index (χ4v) is 5.37. The molecule has 9 nitrogen and oxygen atoms in total. The third kappa shape index (κ3) is 6.72. The van der Waals surface area contributed by atoms with E-state index in [2.05, 4.69) is 15.0 Å². The lowest BCUT2D eigenvalue weighted by Crippen LogP contribution is -2.29. The first-order chi connectivity index (χ1) is 17.6. The minimum Gasteiger partial charge on any atom is -0.322 e. The second-order valence-electron chi connectivity index (χ2n) is 8.10. The number of nitrogens with zero attached hydrogens (tertiary/aromatic N) is 2. The summed E-state index contributed by atoms with van der Waals surface area (Å²) in [6, 6.07) is 26.0. The third-order valence-electron chi connectivity index (χ3n) is 5.31. The summed E-state index contributed by atoms with van der Waals surface area (Å²) in [5, 5.41) is 2.71. The van der Waals surface area contributed by atoms with Gasteiger partial charge in [0.1, 0.15) is 5.82 Å². The molecule has 0 bridgehead atoms. The number of hydrogen-bond acceptors (Lipinski definition) is 6. The van der Waals surface area contributed by atoms with Crippen molar-refractivity contribution in [2.45, 2.75) is 11.4 Å². The zero-order valence-corrected chi connectivity index (χ0v) is 21.4. The zero-order valence-electron chi connectivity index (χ0n) is 19.8.